The van der Waals surface area contributed by atoms with E-state index in [1.54, 1.807) is 23.0 Å². The number of hydrogen-bond acceptors (Lipinski definition) is 8. The fraction of sp³-hybridized carbons (Fsp3) is 0.304. The van der Waals surface area contributed by atoms with Crippen molar-refractivity contribution >= 4 is 32.5 Å². The van der Waals surface area contributed by atoms with Gasteiger partial charge in [-0.25, -0.2) is 28.1 Å². The van der Waals surface area contributed by atoms with Gasteiger partial charge < -0.3 is 10.2 Å². The number of sulfone groups is 1. The Morgan fingerprint density at radius 1 is 0.972 bits per heavy atom. The summed E-state index contributed by atoms with van der Waals surface area (Å²) >= 11 is 0. The lowest BCUT2D eigenvalue weighted by atomic mass is 10.0. The minimum atomic E-state index is -4.40. The maximum atomic E-state index is 12.8. The number of nitrogens with zero attached hydrogens (tertiary/aromatic N) is 6. The predicted octanol–water partition coefficient (Wildman–Crippen LogP) is 3.71. The van der Waals surface area contributed by atoms with Crippen LogP contribution >= 0.6 is 0 Å². The molecule has 0 bridgehead atoms. The summed E-state index contributed by atoms with van der Waals surface area (Å²) in [7, 11) is -3.30. The van der Waals surface area contributed by atoms with E-state index in [0.29, 0.717) is 36.1 Å². The molecule has 5 rings (SSSR count). The summed E-state index contributed by atoms with van der Waals surface area (Å²) in [5, 5.41) is 8.57. The van der Waals surface area contributed by atoms with Crippen LogP contribution in [0.3, 0.4) is 0 Å². The molecule has 0 unspecified atom stereocenters. The van der Waals surface area contributed by atoms with Crippen molar-refractivity contribution in [1.82, 2.24) is 24.7 Å². The van der Waals surface area contributed by atoms with Crippen molar-refractivity contribution in [3.05, 3.63) is 60.7 Å². The molecule has 1 N–H and O–H groups in total. The Balaban J connectivity index is 1.28. The minimum absolute atomic E-state index is 0.103. The number of halogens is 3. The van der Waals surface area contributed by atoms with E-state index in [-0.39, 0.29) is 10.9 Å². The molecule has 9 nitrogen and oxygen atoms in total. The lowest BCUT2D eigenvalue weighted by Gasteiger charge is -2.33. The van der Waals surface area contributed by atoms with Gasteiger partial charge in [-0.3, -0.25) is 0 Å². The highest BCUT2D eigenvalue weighted by Crippen LogP contribution is 2.30. The smallest absolute Gasteiger partial charge is 0.366 e. The molecule has 13 heteroatoms. The summed E-state index contributed by atoms with van der Waals surface area (Å²) in [5.74, 6) is 1.15. The monoisotopic (exact) mass is 517 g/mol. The Hall–Kier alpha value is -3.74. The maximum Gasteiger partial charge on any atom is 0.417 e. The second-order valence-corrected chi connectivity index (χ2v) is 10.6. The van der Waals surface area contributed by atoms with Crippen LogP contribution in [0.5, 0.6) is 0 Å². The minimum Gasteiger partial charge on any atom is -0.366 e. The normalized spacial score (nSPS) is 15.4. The lowest BCUT2D eigenvalue weighted by molar-refractivity contribution is -0.137. The van der Waals surface area contributed by atoms with Gasteiger partial charge >= 0.3 is 6.18 Å². The molecule has 0 atom stereocenters. The molecule has 0 spiro atoms. The summed E-state index contributed by atoms with van der Waals surface area (Å²) < 4.78 is 63.4. The van der Waals surface area contributed by atoms with Crippen molar-refractivity contribution in [3.8, 4) is 5.69 Å². The largest absolute Gasteiger partial charge is 0.417 e. The Morgan fingerprint density at radius 3 is 2.31 bits per heavy atom. The summed E-state index contributed by atoms with van der Waals surface area (Å²) in [6.07, 6.45) is 2.20. The van der Waals surface area contributed by atoms with Crippen LogP contribution in [0.4, 0.5) is 24.8 Å². The summed E-state index contributed by atoms with van der Waals surface area (Å²) in [5.41, 5.74) is 0.480. The van der Waals surface area contributed by atoms with Crippen molar-refractivity contribution in [2.75, 3.05) is 29.6 Å². The fourth-order valence-electron chi connectivity index (χ4n) is 4.17. The highest BCUT2D eigenvalue weighted by Gasteiger charge is 2.31. The number of benzene rings is 1. The van der Waals surface area contributed by atoms with Crippen molar-refractivity contribution in [2.24, 2.45) is 0 Å². The van der Waals surface area contributed by atoms with Crippen LogP contribution in [0, 0.1) is 0 Å². The van der Waals surface area contributed by atoms with Crippen molar-refractivity contribution < 1.29 is 21.6 Å². The molecule has 0 saturated carbocycles. The van der Waals surface area contributed by atoms with E-state index in [0.717, 1.165) is 36.7 Å². The van der Waals surface area contributed by atoms with Gasteiger partial charge in [-0.15, -0.1) is 0 Å². The first-order valence-corrected chi connectivity index (χ1v) is 13.0. The fourth-order valence-corrected chi connectivity index (χ4v) is 4.80. The summed E-state index contributed by atoms with van der Waals surface area (Å²) in [6, 6.07) is 8.95. The molecular weight excluding hydrogens is 495 g/mol. The third-order valence-corrected chi connectivity index (χ3v) is 7.24. The second kappa shape index (κ2) is 9.04. The van der Waals surface area contributed by atoms with E-state index in [2.05, 4.69) is 25.4 Å². The standard InChI is InChI=1S/C23H22F3N7O2S/c1-36(34,35)18-5-3-17(4-6-18)33-22-19(13-30-33)21(28-14-29-22)31-16-8-10-32(11-9-16)20-7-2-15(12-27-20)23(24,25)26/h2-7,12-14,16H,8-11H2,1H3,(H,28,29,31). The number of piperidine rings is 1. The van der Waals surface area contributed by atoms with E-state index in [1.807, 2.05) is 4.90 Å². The molecule has 36 heavy (non-hydrogen) atoms. The molecule has 4 heterocycles. The molecule has 1 aliphatic heterocycles. The number of nitrogens with one attached hydrogen (secondary N) is 1. The Labute approximate surface area is 204 Å². The van der Waals surface area contributed by atoms with Crippen molar-refractivity contribution in [2.45, 2.75) is 30.0 Å². The molecule has 1 aromatic carbocycles. The first-order chi connectivity index (χ1) is 17.1. The first-order valence-electron chi connectivity index (χ1n) is 11.1. The van der Waals surface area contributed by atoms with E-state index >= 15 is 0 Å². The molecule has 1 fully saturated rings. The zero-order chi connectivity index (χ0) is 25.5. The Kier molecular flexibility index (Phi) is 6.02. The van der Waals surface area contributed by atoms with E-state index in [4.69, 9.17) is 0 Å². The molecule has 188 valence electrons. The van der Waals surface area contributed by atoms with Gasteiger partial charge in [0.25, 0.3) is 0 Å². The van der Waals surface area contributed by atoms with Crippen LogP contribution in [0.15, 0.2) is 60.0 Å². The van der Waals surface area contributed by atoms with Crippen LogP contribution in [0.2, 0.25) is 0 Å². The van der Waals surface area contributed by atoms with Gasteiger partial charge in [0.05, 0.1) is 27.7 Å². The maximum absolute atomic E-state index is 12.8. The predicted molar refractivity (Wildman–Crippen MR) is 128 cm³/mol. The van der Waals surface area contributed by atoms with Gasteiger partial charge in [-0.1, -0.05) is 0 Å². The van der Waals surface area contributed by atoms with Gasteiger partial charge in [0.2, 0.25) is 0 Å². The van der Waals surface area contributed by atoms with Gasteiger partial charge in [0.15, 0.2) is 15.5 Å². The highest BCUT2D eigenvalue weighted by atomic mass is 32.2. The number of hydrogen-bond donors (Lipinski definition) is 1. The van der Waals surface area contributed by atoms with E-state index in [9.17, 15) is 21.6 Å². The summed E-state index contributed by atoms with van der Waals surface area (Å²) in [6.45, 7) is 1.27. The first kappa shape index (κ1) is 24.0. The van der Waals surface area contributed by atoms with Crippen LogP contribution in [0.25, 0.3) is 16.7 Å². The quantitative estimate of drug-likeness (QED) is 0.427. The van der Waals surface area contributed by atoms with E-state index < -0.39 is 21.6 Å². The van der Waals surface area contributed by atoms with Crippen LogP contribution in [-0.2, 0) is 16.0 Å². The van der Waals surface area contributed by atoms with E-state index in [1.165, 1.54) is 24.5 Å². The Morgan fingerprint density at radius 2 is 1.69 bits per heavy atom. The zero-order valence-corrected chi connectivity index (χ0v) is 20.0. The van der Waals surface area contributed by atoms with Gasteiger partial charge in [-0.2, -0.15) is 18.3 Å². The number of alkyl halides is 3. The number of aromatic nitrogens is 5. The molecule has 3 aromatic heterocycles. The molecule has 1 saturated heterocycles. The van der Waals surface area contributed by atoms with Crippen molar-refractivity contribution in [1.29, 1.82) is 0 Å². The number of pyridine rings is 1. The number of anilines is 2. The SMILES string of the molecule is CS(=O)(=O)c1ccc(-n2ncc3c(NC4CCN(c5ccc(C(F)(F)F)cn5)CC4)ncnc32)cc1. The molecule has 4 aromatic rings. The lowest BCUT2D eigenvalue weighted by Crippen LogP contribution is -2.39. The third kappa shape index (κ3) is 4.83. The highest BCUT2D eigenvalue weighted by molar-refractivity contribution is 7.90. The average Bonchev–Trinajstić information content (AvgIpc) is 3.29. The molecule has 0 radical (unpaired) electrons. The summed E-state index contributed by atoms with van der Waals surface area (Å²) in [4.78, 5) is 14.9. The van der Waals surface area contributed by atoms with Crippen LogP contribution in [-0.4, -0.2) is 58.5 Å². The van der Waals surface area contributed by atoms with Crippen LogP contribution in [0.1, 0.15) is 18.4 Å². The van der Waals surface area contributed by atoms with Gasteiger partial charge in [-0.05, 0) is 49.2 Å². The topological polar surface area (TPSA) is 106 Å². The average molecular weight is 518 g/mol. The van der Waals surface area contributed by atoms with Gasteiger partial charge in [0, 0.05) is 31.6 Å². The van der Waals surface area contributed by atoms with Crippen LogP contribution < -0.4 is 10.2 Å². The molecular formula is C23H22F3N7O2S. The molecule has 1 aliphatic rings. The molecule has 0 aliphatic carbocycles. The molecule has 0 amide bonds. The number of fused-ring (bicyclic) bond motifs is 1. The third-order valence-electron chi connectivity index (χ3n) is 6.11. The number of rotatable bonds is 5. The van der Waals surface area contributed by atoms with Gasteiger partial charge in [0.1, 0.15) is 18.0 Å². The van der Waals surface area contributed by atoms with Crippen molar-refractivity contribution in [3.63, 3.8) is 0 Å². The Bertz CT molecular complexity index is 1480. The second-order valence-electron chi connectivity index (χ2n) is 8.59. The zero-order valence-electron chi connectivity index (χ0n) is 19.1.